The number of anilines is 1. The largest absolute Gasteiger partial charge is 0.277 e. The number of hydrogen-bond donors (Lipinski definition) is 1. The molecule has 4 aromatic rings. The molecule has 0 unspecified atom stereocenters. The predicted molar refractivity (Wildman–Crippen MR) is 114 cm³/mol. The summed E-state index contributed by atoms with van der Waals surface area (Å²) in [5.74, 6) is 0.710. The molecular formula is C21H21FN6O2S. The molecule has 0 bridgehead atoms. The molecule has 3 heterocycles. The first kappa shape index (κ1) is 19.7. The molecule has 5 rings (SSSR count). The standard InChI is InChI=1S/C21H21FN6O2S/c1-14-9-21(22,10-14)16-6-7-23-19(8-16)28-13-17(12-25-28)31(29,30)26-18-5-3-4-15-11-24-27(2)20(15)18/h3-8,11-14,26H,9-10H2,1-2H3. The first-order valence-electron chi connectivity index (χ1n) is 9.89. The van der Waals surface area contributed by atoms with Crippen LogP contribution in [0.4, 0.5) is 10.1 Å². The van der Waals surface area contributed by atoms with E-state index in [1.54, 1.807) is 42.2 Å². The Hall–Kier alpha value is -3.27. The van der Waals surface area contributed by atoms with Crippen molar-refractivity contribution in [3.63, 3.8) is 0 Å². The third-order valence-corrected chi connectivity index (χ3v) is 7.04. The van der Waals surface area contributed by atoms with Crippen molar-refractivity contribution in [2.24, 2.45) is 13.0 Å². The molecule has 1 aromatic carbocycles. The van der Waals surface area contributed by atoms with Gasteiger partial charge >= 0.3 is 0 Å². The highest BCUT2D eigenvalue weighted by Gasteiger charge is 2.44. The summed E-state index contributed by atoms with van der Waals surface area (Å²) in [5, 5.41) is 9.14. The molecule has 31 heavy (non-hydrogen) atoms. The van der Waals surface area contributed by atoms with Gasteiger partial charge in [-0.1, -0.05) is 19.1 Å². The number of pyridine rings is 1. The summed E-state index contributed by atoms with van der Waals surface area (Å²) >= 11 is 0. The van der Waals surface area contributed by atoms with Gasteiger partial charge in [0.2, 0.25) is 0 Å². The Bertz CT molecular complexity index is 1390. The van der Waals surface area contributed by atoms with E-state index in [4.69, 9.17) is 0 Å². The fraction of sp³-hybridized carbons (Fsp3) is 0.286. The van der Waals surface area contributed by atoms with Crippen LogP contribution < -0.4 is 4.72 Å². The van der Waals surface area contributed by atoms with Crippen LogP contribution in [0.1, 0.15) is 25.3 Å². The number of halogens is 1. The monoisotopic (exact) mass is 440 g/mol. The normalized spacial score (nSPS) is 21.2. The molecule has 0 amide bonds. The SMILES string of the molecule is CC1CC(F)(c2ccnc(-n3cc(S(=O)(=O)Nc4cccc5cnn(C)c45)cn3)c2)C1. The van der Waals surface area contributed by atoms with Crippen molar-refractivity contribution in [3.8, 4) is 5.82 Å². The van der Waals surface area contributed by atoms with Gasteiger partial charge in [-0.3, -0.25) is 9.40 Å². The second kappa shape index (κ2) is 6.88. The van der Waals surface area contributed by atoms with Gasteiger partial charge in [-0.15, -0.1) is 0 Å². The van der Waals surface area contributed by atoms with Crippen LogP contribution in [0.5, 0.6) is 0 Å². The fourth-order valence-corrected chi connectivity index (χ4v) is 5.19. The second-order valence-electron chi connectivity index (χ2n) is 8.12. The summed E-state index contributed by atoms with van der Waals surface area (Å²) in [6.45, 7) is 2.02. The number of alkyl halides is 1. The molecule has 0 saturated heterocycles. The van der Waals surface area contributed by atoms with Crippen LogP contribution >= 0.6 is 0 Å². The zero-order chi connectivity index (χ0) is 21.8. The lowest BCUT2D eigenvalue weighted by Gasteiger charge is -2.40. The van der Waals surface area contributed by atoms with Crippen LogP contribution in [-0.4, -0.2) is 33.0 Å². The van der Waals surface area contributed by atoms with Crippen LogP contribution in [0.25, 0.3) is 16.7 Å². The van der Waals surface area contributed by atoms with Gasteiger partial charge in [0.25, 0.3) is 10.0 Å². The van der Waals surface area contributed by atoms with Gasteiger partial charge in [0, 0.05) is 18.6 Å². The van der Waals surface area contributed by atoms with Crippen LogP contribution in [-0.2, 0) is 22.7 Å². The fourth-order valence-electron chi connectivity index (χ4n) is 4.19. The summed E-state index contributed by atoms with van der Waals surface area (Å²) in [6, 6.07) is 8.58. The van der Waals surface area contributed by atoms with E-state index in [0.717, 1.165) is 5.39 Å². The maximum absolute atomic E-state index is 15.0. The third-order valence-electron chi connectivity index (χ3n) is 5.72. The minimum Gasteiger partial charge on any atom is -0.277 e. The molecule has 1 aliphatic carbocycles. The lowest BCUT2D eigenvalue weighted by atomic mass is 9.70. The Kier molecular flexibility index (Phi) is 4.37. The quantitative estimate of drug-likeness (QED) is 0.512. The number of aromatic nitrogens is 5. The molecule has 3 aromatic heterocycles. The highest BCUT2D eigenvalue weighted by Crippen LogP contribution is 2.48. The van der Waals surface area contributed by atoms with Crippen molar-refractivity contribution in [2.75, 3.05) is 4.72 Å². The van der Waals surface area contributed by atoms with Crippen molar-refractivity contribution in [3.05, 3.63) is 60.7 Å². The molecule has 0 radical (unpaired) electrons. The Morgan fingerprint density at radius 2 is 2.00 bits per heavy atom. The van der Waals surface area contributed by atoms with Gasteiger partial charge in [-0.2, -0.15) is 10.2 Å². The smallest absolute Gasteiger partial charge is 0.265 e. The van der Waals surface area contributed by atoms with E-state index < -0.39 is 15.7 Å². The minimum atomic E-state index is -3.90. The van der Waals surface area contributed by atoms with Gasteiger partial charge in [0.05, 0.1) is 29.8 Å². The number of para-hydroxylation sites is 1. The highest BCUT2D eigenvalue weighted by molar-refractivity contribution is 7.92. The summed E-state index contributed by atoms with van der Waals surface area (Å²) in [7, 11) is -2.15. The Labute approximate surface area is 178 Å². The first-order chi connectivity index (χ1) is 14.7. The molecule has 1 fully saturated rings. The van der Waals surface area contributed by atoms with Crippen LogP contribution in [0, 0.1) is 5.92 Å². The molecule has 1 aliphatic rings. The lowest BCUT2D eigenvalue weighted by Crippen LogP contribution is -2.35. The molecule has 8 nitrogen and oxygen atoms in total. The van der Waals surface area contributed by atoms with E-state index in [9.17, 15) is 12.8 Å². The maximum Gasteiger partial charge on any atom is 0.265 e. The molecule has 0 spiro atoms. The van der Waals surface area contributed by atoms with Crippen molar-refractivity contribution >= 4 is 26.6 Å². The van der Waals surface area contributed by atoms with Gasteiger partial charge in [0.1, 0.15) is 10.6 Å². The summed E-state index contributed by atoms with van der Waals surface area (Å²) in [5.41, 5.74) is 0.277. The number of aryl methyl sites for hydroxylation is 1. The molecule has 1 N–H and O–H groups in total. The molecule has 0 atom stereocenters. The van der Waals surface area contributed by atoms with Crippen LogP contribution in [0.2, 0.25) is 0 Å². The molecule has 160 valence electrons. The van der Waals surface area contributed by atoms with E-state index >= 15 is 0 Å². The van der Waals surface area contributed by atoms with Crippen LogP contribution in [0.3, 0.4) is 0 Å². The Morgan fingerprint density at radius 1 is 1.19 bits per heavy atom. The second-order valence-corrected chi connectivity index (χ2v) is 9.80. The number of nitrogens with one attached hydrogen (secondary N) is 1. The van der Waals surface area contributed by atoms with Crippen LogP contribution in [0.15, 0.2) is 60.0 Å². The summed E-state index contributed by atoms with van der Waals surface area (Å²) in [6.07, 6.45) is 6.75. The Morgan fingerprint density at radius 3 is 2.77 bits per heavy atom. The highest BCUT2D eigenvalue weighted by atomic mass is 32.2. The van der Waals surface area contributed by atoms with Crippen molar-refractivity contribution in [2.45, 2.75) is 30.3 Å². The maximum atomic E-state index is 15.0. The molecule has 0 aliphatic heterocycles. The Balaban J connectivity index is 1.44. The average molecular weight is 441 g/mol. The molecular weight excluding hydrogens is 419 g/mol. The number of benzene rings is 1. The first-order valence-corrected chi connectivity index (χ1v) is 11.4. The van der Waals surface area contributed by atoms with E-state index in [1.165, 1.54) is 23.3 Å². The van der Waals surface area contributed by atoms with E-state index in [-0.39, 0.29) is 4.90 Å². The predicted octanol–water partition coefficient (Wildman–Crippen LogP) is 3.55. The number of sulfonamides is 1. The third kappa shape index (κ3) is 3.36. The molecule has 1 saturated carbocycles. The topological polar surface area (TPSA) is 94.7 Å². The molecule has 10 heteroatoms. The van der Waals surface area contributed by atoms with Crippen molar-refractivity contribution in [1.82, 2.24) is 24.5 Å². The van der Waals surface area contributed by atoms with Gasteiger partial charge in [-0.25, -0.2) is 22.5 Å². The average Bonchev–Trinajstić information content (AvgIpc) is 3.35. The van der Waals surface area contributed by atoms with Gasteiger partial charge < -0.3 is 0 Å². The van der Waals surface area contributed by atoms with Crippen molar-refractivity contribution in [1.29, 1.82) is 0 Å². The number of fused-ring (bicyclic) bond motifs is 1. The zero-order valence-electron chi connectivity index (χ0n) is 17.0. The number of hydrogen-bond acceptors (Lipinski definition) is 5. The number of rotatable bonds is 5. The lowest BCUT2D eigenvalue weighted by molar-refractivity contribution is 0.0113. The van der Waals surface area contributed by atoms with E-state index in [1.807, 2.05) is 13.0 Å². The van der Waals surface area contributed by atoms with Gasteiger partial charge in [-0.05, 0) is 42.5 Å². The summed E-state index contributed by atoms with van der Waals surface area (Å²) < 4.78 is 46.5. The van der Waals surface area contributed by atoms with Crippen molar-refractivity contribution < 1.29 is 12.8 Å². The zero-order valence-corrected chi connectivity index (χ0v) is 17.8. The summed E-state index contributed by atoms with van der Waals surface area (Å²) in [4.78, 5) is 4.21. The van der Waals surface area contributed by atoms with Gasteiger partial charge in [0.15, 0.2) is 5.82 Å². The van der Waals surface area contributed by atoms with E-state index in [2.05, 4.69) is 19.9 Å². The minimum absolute atomic E-state index is 0.0221. The van der Waals surface area contributed by atoms with E-state index in [0.29, 0.717) is 41.3 Å². The number of nitrogens with zero attached hydrogens (tertiary/aromatic N) is 5.